The zero-order valence-electron chi connectivity index (χ0n) is 8.87. The molecule has 0 radical (unpaired) electrons. The molecule has 1 aliphatic rings. The molecule has 0 spiro atoms. The Bertz CT molecular complexity index is 173. The monoisotopic (exact) mass is 200 g/mol. The standard InChI is InChI=1S/C11H20O3/c1-2-10(12)11(13)7-3-5-9-6-4-8-14-9/h9-10,12H,2-8H2,1H3. The SMILES string of the molecule is CCC(O)C(=O)CCCC1CCCO1. The van der Waals surface area contributed by atoms with Gasteiger partial charge in [-0.1, -0.05) is 6.92 Å². The highest BCUT2D eigenvalue weighted by Crippen LogP contribution is 2.17. The molecular weight excluding hydrogens is 180 g/mol. The molecule has 3 heteroatoms. The quantitative estimate of drug-likeness (QED) is 0.709. The summed E-state index contributed by atoms with van der Waals surface area (Å²) in [5.74, 6) is -0.0227. The third kappa shape index (κ3) is 3.76. The smallest absolute Gasteiger partial charge is 0.161 e. The van der Waals surface area contributed by atoms with Crippen LogP contribution in [0, 0.1) is 0 Å². The lowest BCUT2D eigenvalue weighted by Gasteiger charge is -2.09. The lowest BCUT2D eigenvalue weighted by Crippen LogP contribution is -2.19. The van der Waals surface area contributed by atoms with Crippen molar-refractivity contribution in [3.05, 3.63) is 0 Å². The van der Waals surface area contributed by atoms with Crippen LogP contribution in [-0.2, 0) is 9.53 Å². The Labute approximate surface area is 85.5 Å². The van der Waals surface area contributed by atoms with Crippen LogP contribution >= 0.6 is 0 Å². The first-order valence-corrected chi connectivity index (χ1v) is 5.56. The molecule has 14 heavy (non-hydrogen) atoms. The van der Waals surface area contributed by atoms with E-state index in [1.165, 1.54) is 0 Å². The lowest BCUT2D eigenvalue weighted by molar-refractivity contribution is -0.127. The van der Waals surface area contributed by atoms with Crippen molar-refractivity contribution in [3.8, 4) is 0 Å². The average molecular weight is 200 g/mol. The van der Waals surface area contributed by atoms with E-state index < -0.39 is 6.10 Å². The predicted molar refractivity (Wildman–Crippen MR) is 54.1 cm³/mol. The van der Waals surface area contributed by atoms with Gasteiger partial charge in [0, 0.05) is 13.0 Å². The molecule has 3 nitrogen and oxygen atoms in total. The van der Waals surface area contributed by atoms with E-state index in [0.29, 0.717) is 18.9 Å². The van der Waals surface area contributed by atoms with Crippen LogP contribution in [0.25, 0.3) is 0 Å². The second-order valence-electron chi connectivity index (χ2n) is 3.92. The van der Waals surface area contributed by atoms with Crippen molar-refractivity contribution in [2.45, 2.75) is 57.7 Å². The van der Waals surface area contributed by atoms with Crippen molar-refractivity contribution in [2.75, 3.05) is 6.61 Å². The van der Waals surface area contributed by atoms with Gasteiger partial charge in [0.1, 0.15) is 6.10 Å². The van der Waals surface area contributed by atoms with Gasteiger partial charge in [-0.05, 0) is 32.1 Å². The molecule has 0 saturated carbocycles. The minimum atomic E-state index is -0.750. The van der Waals surface area contributed by atoms with Crippen LogP contribution in [0.3, 0.4) is 0 Å². The van der Waals surface area contributed by atoms with Gasteiger partial charge in [0.25, 0.3) is 0 Å². The third-order valence-electron chi connectivity index (χ3n) is 2.73. The molecule has 0 aromatic carbocycles. The van der Waals surface area contributed by atoms with E-state index in [9.17, 15) is 9.90 Å². The predicted octanol–water partition coefficient (Wildman–Crippen LogP) is 1.68. The van der Waals surface area contributed by atoms with Crippen molar-refractivity contribution in [2.24, 2.45) is 0 Å². The van der Waals surface area contributed by atoms with Gasteiger partial charge in [-0.15, -0.1) is 0 Å². The van der Waals surface area contributed by atoms with Gasteiger partial charge in [0.15, 0.2) is 5.78 Å². The largest absolute Gasteiger partial charge is 0.385 e. The molecule has 0 aliphatic carbocycles. The van der Waals surface area contributed by atoms with Gasteiger partial charge in [-0.2, -0.15) is 0 Å². The van der Waals surface area contributed by atoms with Crippen molar-refractivity contribution in [1.29, 1.82) is 0 Å². The van der Waals surface area contributed by atoms with Crippen LogP contribution in [0.4, 0.5) is 0 Å². The summed E-state index contributed by atoms with van der Waals surface area (Å²) in [6, 6.07) is 0. The number of carbonyl (C=O) groups excluding carboxylic acids is 1. The normalized spacial score (nSPS) is 23.7. The van der Waals surface area contributed by atoms with Gasteiger partial charge in [0.05, 0.1) is 6.10 Å². The summed E-state index contributed by atoms with van der Waals surface area (Å²) in [6.07, 6.45) is 4.72. The molecule has 2 atom stereocenters. The minimum absolute atomic E-state index is 0.0227. The van der Waals surface area contributed by atoms with E-state index in [1.54, 1.807) is 0 Å². The molecule has 1 rings (SSSR count). The van der Waals surface area contributed by atoms with E-state index in [-0.39, 0.29) is 5.78 Å². The Hall–Kier alpha value is -0.410. The molecule has 0 amide bonds. The molecule has 0 aromatic rings. The molecule has 82 valence electrons. The van der Waals surface area contributed by atoms with E-state index in [2.05, 4.69) is 0 Å². The summed E-state index contributed by atoms with van der Waals surface area (Å²) in [6.45, 7) is 2.69. The molecule has 1 saturated heterocycles. The maximum Gasteiger partial charge on any atom is 0.161 e. The van der Waals surface area contributed by atoms with Crippen LogP contribution < -0.4 is 0 Å². The van der Waals surface area contributed by atoms with Gasteiger partial charge in [0.2, 0.25) is 0 Å². The highest BCUT2D eigenvalue weighted by Gasteiger charge is 2.17. The second-order valence-corrected chi connectivity index (χ2v) is 3.92. The summed E-state index contributed by atoms with van der Waals surface area (Å²) in [7, 11) is 0. The molecule has 1 fully saturated rings. The van der Waals surface area contributed by atoms with Crippen molar-refractivity contribution >= 4 is 5.78 Å². The molecule has 1 N–H and O–H groups in total. The van der Waals surface area contributed by atoms with Crippen LogP contribution in [-0.4, -0.2) is 29.7 Å². The Balaban J connectivity index is 2.05. The maximum atomic E-state index is 11.3. The van der Waals surface area contributed by atoms with Gasteiger partial charge in [-0.3, -0.25) is 4.79 Å². The highest BCUT2D eigenvalue weighted by atomic mass is 16.5. The summed E-state index contributed by atoms with van der Waals surface area (Å²) < 4.78 is 5.45. The van der Waals surface area contributed by atoms with E-state index in [4.69, 9.17) is 4.74 Å². The number of ketones is 1. The van der Waals surface area contributed by atoms with Crippen molar-refractivity contribution in [3.63, 3.8) is 0 Å². The summed E-state index contributed by atoms with van der Waals surface area (Å²) >= 11 is 0. The Morgan fingerprint density at radius 1 is 1.64 bits per heavy atom. The Morgan fingerprint density at radius 3 is 3.00 bits per heavy atom. The number of rotatable bonds is 6. The molecule has 1 heterocycles. The van der Waals surface area contributed by atoms with Crippen LogP contribution in [0.1, 0.15) is 45.4 Å². The number of hydrogen-bond acceptors (Lipinski definition) is 3. The molecule has 2 unspecified atom stereocenters. The number of aliphatic hydroxyl groups is 1. The van der Waals surface area contributed by atoms with Crippen LogP contribution in [0.2, 0.25) is 0 Å². The maximum absolute atomic E-state index is 11.3. The summed E-state index contributed by atoms with van der Waals surface area (Å²) in [5, 5.41) is 9.24. The van der Waals surface area contributed by atoms with Crippen LogP contribution in [0.15, 0.2) is 0 Å². The number of Topliss-reactive ketones (excluding diaryl/α,β-unsaturated/α-hetero) is 1. The first kappa shape index (κ1) is 11.7. The fourth-order valence-electron chi connectivity index (χ4n) is 1.77. The average Bonchev–Trinajstić information content (AvgIpc) is 2.69. The van der Waals surface area contributed by atoms with E-state index >= 15 is 0 Å². The number of carbonyl (C=O) groups is 1. The fourth-order valence-corrected chi connectivity index (χ4v) is 1.77. The minimum Gasteiger partial charge on any atom is -0.385 e. The van der Waals surface area contributed by atoms with E-state index in [0.717, 1.165) is 32.3 Å². The molecule has 0 bridgehead atoms. The van der Waals surface area contributed by atoms with Crippen molar-refractivity contribution < 1.29 is 14.6 Å². The second kappa shape index (κ2) is 6.14. The Morgan fingerprint density at radius 2 is 2.43 bits per heavy atom. The van der Waals surface area contributed by atoms with Gasteiger partial charge < -0.3 is 9.84 Å². The third-order valence-corrected chi connectivity index (χ3v) is 2.73. The zero-order valence-corrected chi connectivity index (χ0v) is 8.87. The van der Waals surface area contributed by atoms with Gasteiger partial charge >= 0.3 is 0 Å². The summed E-state index contributed by atoms with van der Waals surface area (Å²) in [4.78, 5) is 11.3. The first-order valence-electron chi connectivity index (χ1n) is 5.56. The number of ether oxygens (including phenoxy) is 1. The fraction of sp³-hybridized carbons (Fsp3) is 0.909. The Kier molecular flexibility index (Phi) is 5.12. The zero-order chi connectivity index (χ0) is 10.4. The molecule has 0 aromatic heterocycles. The molecular formula is C11H20O3. The van der Waals surface area contributed by atoms with Crippen LogP contribution in [0.5, 0.6) is 0 Å². The highest BCUT2D eigenvalue weighted by molar-refractivity contribution is 5.82. The number of hydrogen-bond donors (Lipinski definition) is 1. The topological polar surface area (TPSA) is 46.5 Å². The van der Waals surface area contributed by atoms with Crippen molar-refractivity contribution in [1.82, 2.24) is 0 Å². The lowest BCUT2D eigenvalue weighted by atomic mass is 10.0. The van der Waals surface area contributed by atoms with E-state index in [1.807, 2.05) is 6.92 Å². The molecule has 1 aliphatic heterocycles. The van der Waals surface area contributed by atoms with Gasteiger partial charge in [-0.25, -0.2) is 0 Å². The number of aliphatic hydroxyl groups excluding tert-OH is 1. The summed E-state index contributed by atoms with van der Waals surface area (Å²) in [5.41, 5.74) is 0. The first-order chi connectivity index (χ1) is 6.74.